The van der Waals surface area contributed by atoms with Gasteiger partial charge in [-0.2, -0.15) is 0 Å². The summed E-state index contributed by atoms with van der Waals surface area (Å²) in [4.78, 5) is 0. The van der Waals surface area contributed by atoms with Gasteiger partial charge in [0.15, 0.2) is 6.23 Å². The lowest BCUT2D eigenvalue weighted by molar-refractivity contribution is 0.260. The van der Waals surface area contributed by atoms with Crippen molar-refractivity contribution in [2.45, 2.75) is 44.8 Å². The first kappa shape index (κ1) is 34.2. The zero-order valence-corrected chi connectivity index (χ0v) is 33.7. The average molecular weight is 758 g/mol. The van der Waals surface area contributed by atoms with Crippen molar-refractivity contribution in [1.29, 1.82) is 0 Å². The number of benzene rings is 9. The van der Waals surface area contributed by atoms with Gasteiger partial charge in [-0.25, -0.2) is 0 Å². The molecule has 282 valence electrons. The average Bonchev–Trinajstić information content (AvgIpc) is 3.88. The van der Waals surface area contributed by atoms with Crippen LogP contribution in [0.1, 0.15) is 61.7 Å². The molecule has 0 bridgehead atoms. The molecule has 0 saturated carbocycles. The van der Waals surface area contributed by atoms with Crippen LogP contribution in [0.25, 0.3) is 77.2 Å². The van der Waals surface area contributed by atoms with Crippen LogP contribution in [0.2, 0.25) is 0 Å². The van der Waals surface area contributed by atoms with Crippen molar-refractivity contribution in [2.75, 3.05) is 5.32 Å². The summed E-state index contributed by atoms with van der Waals surface area (Å²) in [5.41, 5.74) is 20.3. The topological polar surface area (TPSA) is 21.3 Å². The second kappa shape index (κ2) is 12.3. The number of para-hydroxylation sites is 2. The van der Waals surface area contributed by atoms with Crippen LogP contribution in [0.5, 0.6) is 5.75 Å². The largest absolute Gasteiger partial charge is 0.464 e. The minimum absolute atomic E-state index is 0.0938. The van der Waals surface area contributed by atoms with Crippen LogP contribution < -0.4 is 10.1 Å². The first-order chi connectivity index (χ1) is 28.8. The number of anilines is 1. The lowest BCUT2D eigenvalue weighted by Gasteiger charge is -2.24. The molecule has 0 amide bonds. The Labute approximate surface area is 345 Å². The van der Waals surface area contributed by atoms with Crippen LogP contribution in [0, 0.1) is 0 Å². The molecule has 12 rings (SSSR count). The number of hydrogen-bond acceptors (Lipinski definition) is 2. The van der Waals surface area contributed by atoms with Gasteiger partial charge < -0.3 is 10.1 Å². The van der Waals surface area contributed by atoms with Crippen LogP contribution in [0.4, 0.5) is 5.69 Å². The molecule has 1 N–H and O–H groups in total. The molecule has 2 nitrogen and oxygen atoms in total. The molecule has 0 saturated heterocycles. The van der Waals surface area contributed by atoms with Crippen molar-refractivity contribution in [2.24, 2.45) is 0 Å². The summed E-state index contributed by atoms with van der Waals surface area (Å²) in [6.45, 7) is 9.50. The maximum Gasteiger partial charge on any atom is 0.196 e. The summed E-state index contributed by atoms with van der Waals surface area (Å²) in [5.74, 6) is 0.891. The van der Waals surface area contributed by atoms with E-state index in [0.717, 1.165) is 17.0 Å². The van der Waals surface area contributed by atoms with E-state index < -0.39 is 0 Å². The summed E-state index contributed by atoms with van der Waals surface area (Å²) in [6, 6.07) is 65.5. The molecule has 2 heteroatoms. The van der Waals surface area contributed by atoms with E-state index in [2.05, 4.69) is 191 Å². The first-order valence-corrected chi connectivity index (χ1v) is 20.9. The Kier molecular flexibility index (Phi) is 7.13. The van der Waals surface area contributed by atoms with Crippen molar-refractivity contribution in [3.63, 3.8) is 0 Å². The summed E-state index contributed by atoms with van der Waals surface area (Å²) in [5, 5.41) is 8.59. The molecule has 1 aliphatic heterocycles. The van der Waals surface area contributed by atoms with E-state index in [1.165, 1.54) is 99.4 Å². The molecule has 0 fully saturated rings. The van der Waals surface area contributed by atoms with Crippen LogP contribution in [0.3, 0.4) is 0 Å². The Morgan fingerprint density at radius 3 is 1.47 bits per heavy atom. The minimum Gasteiger partial charge on any atom is -0.464 e. The van der Waals surface area contributed by atoms with Gasteiger partial charge >= 0.3 is 0 Å². The predicted molar refractivity (Wildman–Crippen MR) is 246 cm³/mol. The maximum absolute atomic E-state index is 6.27. The smallest absolute Gasteiger partial charge is 0.196 e. The normalized spacial score (nSPS) is 16.2. The fraction of sp³-hybridized carbons (Fsp3) is 0.123. The fourth-order valence-corrected chi connectivity index (χ4v) is 10.7. The van der Waals surface area contributed by atoms with Gasteiger partial charge in [0.2, 0.25) is 0 Å². The van der Waals surface area contributed by atoms with Gasteiger partial charge in [0.05, 0.1) is 5.69 Å². The predicted octanol–water partition coefficient (Wildman–Crippen LogP) is 15.1. The third kappa shape index (κ3) is 4.93. The lowest BCUT2D eigenvalue weighted by Crippen LogP contribution is -2.15. The van der Waals surface area contributed by atoms with Crippen molar-refractivity contribution < 1.29 is 4.74 Å². The Hall–Kier alpha value is -6.90. The number of nitrogens with one attached hydrogen (secondary N) is 1. The van der Waals surface area contributed by atoms with Crippen LogP contribution in [-0.2, 0) is 10.8 Å². The minimum atomic E-state index is -0.209. The van der Waals surface area contributed by atoms with E-state index in [1.54, 1.807) is 0 Å². The van der Waals surface area contributed by atoms with Gasteiger partial charge in [-0.05, 0) is 130 Å². The highest BCUT2D eigenvalue weighted by Gasteiger charge is 2.37. The zero-order chi connectivity index (χ0) is 39.6. The van der Waals surface area contributed by atoms with Gasteiger partial charge in [0.25, 0.3) is 0 Å². The summed E-state index contributed by atoms with van der Waals surface area (Å²) >= 11 is 0. The Balaban J connectivity index is 1.07. The molecule has 2 aliphatic carbocycles. The van der Waals surface area contributed by atoms with E-state index >= 15 is 0 Å². The highest BCUT2D eigenvalue weighted by Crippen LogP contribution is 2.53. The summed E-state index contributed by atoms with van der Waals surface area (Å²) < 4.78 is 6.27. The molecular weight excluding hydrogens is 715 g/mol. The van der Waals surface area contributed by atoms with Crippen molar-refractivity contribution in [1.82, 2.24) is 0 Å². The van der Waals surface area contributed by atoms with Gasteiger partial charge in [-0.3, -0.25) is 0 Å². The quantitative estimate of drug-likeness (QED) is 0.181. The highest BCUT2D eigenvalue weighted by atomic mass is 16.5. The molecule has 1 unspecified atom stereocenters. The maximum atomic E-state index is 6.27. The van der Waals surface area contributed by atoms with Crippen LogP contribution in [0.15, 0.2) is 176 Å². The number of rotatable bonds is 4. The molecule has 1 heterocycles. The molecule has 3 aliphatic rings. The van der Waals surface area contributed by atoms with Gasteiger partial charge in [-0.15, -0.1) is 0 Å². The van der Waals surface area contributed by atoms with E-state index in [9.17, 15) is 0 Å². The molecule has 9 aromatic rings. The first-order valence-electron chi connectivity index (χ1n) is 20.9. The van der Waals surface area contributed by atoms with Gasteiger partial charge in [0.1, 0.15) is 5.75 Å². The van der Waals surface area contributed by atoms with Crippen molar-refractivity contribution >= 4 is 27.2 Å². The number of fused-ring (bicyclic) bond motifs is 9. The Morgan fingerprint density at radius 2 is 0.864 bits per heavy atom. The zero-order valence-electron chi connectivity index (χ0n) is 33.7. The molecule has 59 heavy (non-hydrogen) atoms. The molecule has 1 atom stereocenters. The van der Waals surface area contributed by atoms with E-state index in [1.807, 2.05) is 18.2 Å². The van der Waals surface area contributed by atoms with E-state index in [4.69, 9.17) is 4.74 Å². The van der Waals surface area contributed by atoms with Crippen LogP contribution >= 0.6 is 0 Å². The molecule has 0 radical (unpaired) electrons. The second-order valence-corrected chi connectivity index (χ2v) is 17.7. The number of ether oxygens (including phenoxy) is 1. The third-order valence-corrected chi connectivity index (χ3v) is 13.7. The standard InChI is InChI=1S/C57H43NO/c1-56(2)47-17-9-7-13-39(47)41-28-26-37(32-49(41)56)53-43-15-5-6-16-44(43)54(38-27-29-42-40-14-8-10-18-48(40)57(3,4)50(42)33-38)46-31-36(25-30-45(46)53)34-21-23-35(24-22-34)55-58-51-19-11-12-20-52(51)59-55/h5-33,55,58H,1-4H3. The second-order valence-electron chi connectivity index (χ2n) is 17.7. The molecule has 9 aromatic carbocycles. The SMILES string of the molecule is CC1(C)c2ccccc2-c2ccc(-c3c4ccccc4c(-c4ccc5c(c4)C(C)(C)c4ccccc4-5)c4cc(-c5ccc(C6Nc7ccccc7O6)cc5)ccc34)cc21. The Morgan fingerprint density at radius 1 is 0.390 bits per heavy atom. The van der Waals surface area contributed by atoms with E-state index in [0.29, 0.717) is 0 Å². The van der Waals surface area contributed by atoms with Gasteiger partial charge in [-0.1, -0.05) is 173 Å². The third-order valence-electron chi connectivity index (χ3n) is 13.7. The van der Waals surface area contributed by atoms with Crippen LogP contribution in [-0.4, -0.2) is 0 Å². The molecule has 0 spiro atoms. The van der Waals surface area contributed by atoms with E-state index in [-0.39, 0.29) is 17.1 Å². The van der Waals surface area contributed by atoms with Crippen molar-refractivity contribution in [3.8, 4) is 61.4 Å². The number of hydrogen-bond donors (Lipinski definition) is 1. The summed E-state index contributed by atoms with van der Waals surface area (Å²) in [6.07, 6.45) is -0.209. The lowest BCUT2D eigenvalue weighted by atomic mass is 9.79. The molecular formula is C57H43NO. The fourth-order valence-electron chi connectivity index (χ4n) is 10.7. The molecule has 0 aromatic heterocycles. The highest BCUT2D eigenvalue weighted by molar-refractivity contribution is 6.22. The summed E-state index contributed by atoms with van der Waals surface area (Å²) in [7, 11) is 0. The van der Waals surface area contributed by atoms with Gasteiger partial charge in [0, 0.05) is 16.4 Å². The Bertz CT molecular complexity index is 3200. The monoisotopic (exact) mass is 757 g/mol. The van der Waals surface area contributed by atoms with Crippen molar-refractivity contribution in [3.05, 3.63) is 204 Å².